The zero-order valence-electron chi connectivity index (χ0n) is 16.6. The maximum absolute atomic E-state index is 13.5. The highest BCUT2D eigenvalue weighted by molar-refractivity contribution is 7.97. The fraction of sp³-hybridized carbons (Fsp3) is 0.261. The molecular weight excluding hydrogens is 384 g/mol. The monoisotopic (exact) mass is 410 g/mol. The highest BCUT2D eigenvalue weighted by atomic mass is 32.2. The molecule has 1 N–H and O–H groups in total. The lowest BCUT2D eigenvalue weighted by molar-refractivity contribution is -0.116. The van der Waals surface area contributed by atoms with Crippen LogP contribution >= 0.6 is 0 Å². The standard InChI is InChI=1S/C23H26N2O3S/c1-3-5-11-16-24-23(26)22-21(18-12-7-6-8-13-18)19-14-9-10-15-20(19)25(17-4-2)29(22,27)28/h4,6-10,12-15H,2-3,5,11,16-17H2,1H3,(H,24,26). The first-order valence-corrected chi connectivity index (χ1v) is 11.3. The Morgan fingerprint density at radius 1 is 1.07 bits per heavy atom. The number of para-hydroxylation sites is 1. The van der Waals surface area contributed by atoms with Gasteiger partial charge in [0.2, 0.25) is 0 Å². The van der Waals surface area contributed by atoms with E-state index in [1.54, 1.807) is 12.1 Å². The van der Waals surface area contributed by atoms with Gasteiger partial charge in [-0.05, 0) is 18.1 Å². The van der Waals surface area contributed by atoms with Crippen molar-refractivity contribution in [3.05, 3.63) is 83.3 Å². The first-order chi connectivity index (χ1) is 14.0. The Hall–Kier alpha value is -2.86. The lowest BCUT2D eigenvalue weighted by atomic mass is 9.95. The molecule has 0 saturated heterocycles. The molecule has 0 aliphatic carbocycles. The number of carbonyl (C=O) groups is 1. The molecule has 0 spiro atoms. The summed E-state index contributed by atoms with van der Waals surface area (Å²) in [6.45, 7) is 6.30. The third kappa shape index (κ3) is 4.12. The van der Waals surface area contributed by atoms with Gasteiger partial charge in [-0.1, -0.05) is 74.4 Å². The van der Waals surface area contributed by atoms with Crippen molar-refractivity contribution in [2.24, 2.45) is 0 Å². The van der Waals surface area contributed by atoms with Crippen LogP contribution in [-0.4, -0.2) is 27.4 Å². The number of fused-ring (bicyclic) bond motifs is 1. The highest BCUT2D eigenvalue weighted by Crippen LogP contribution is 2.42. The number of carbonyl (C=O) groups excluding carboxylic acids is 1. The van der Waals surface area contributed by atoms with Gasteiger partial charge in [-0.2, -0.15) is 0 Å². The van der Waals surface area contributed by atoms with Gasteiger partial charge in [0.1, 0.15) is 0 Å². The molecule has 6 heteroatoms. The Balaban J connectivity index is 2.22. The Morgan fingerprint density at radius 3 is 2.45 bits per heavy atom. The van der Waals surface area contributed by atoms with Crippen LogP contribution in [0.4, 0.5) is 5.69 Å². The van der Waals surface area contributed by atoms with E-state index < -0.39 is 15.9 Å². The second-order valence-electron chi connectivity index (χ2n) is 6.88. The van der Waals surface area contributed by atoms with Crippen molar-refractivity contribution in [1.82, 2.24) is 5.32 Å². The molecule has 1 amide bonds. The van der Waals surface area contributed by atoms with Crippen LogP contribution in [0.2, 0.25) is 0 Å². The number of unbranched alkanes of at least 4 members (excludes halogenated alkanes) is 2. The fourth-order valence-electron chi connectivity index (χ4n) is 3.49. The second-order valence-corrected chi connectivity index (χ2v) is 8.67. The molecule has 5 nitrogen and oxygen atoms in total. The summed E-state index contributed by atoms with van der Waals surface area (Å²) in [5.74, 6) is -0.566. The van der Waals surface area contributed by atoms with E-state index in [1.807, 2.05) is 42.5 Å². The van der Waals surface area contributed by atoms with Gasteiger partial charge in [-0.3, -0.25) is 9.10 Å². The number of anilines is 1. The molecule has 1 heterocycles. The van der Waals surface area contributed by atoms with Gasteiger partial charge in [0, 0.05) is 17.7 Å². The Labute approximate surface area is 172 Å². The third-order valence-electron chi connectivity index (χ3n) is 4.85. The molecular formula is C23H26N2O3S. The second kappa shape index (κ2) is 9.09. The van der Waals surface area contributed by atoms with Crippen LogP contribution in [0.25, 0.3) is 5.57 Å². The van der Waals surface area contributed by atoms with E-state index in [1.165, 1.54) is 10.4 Å². The van der Waals surface area contributed by atoms with Crippen molar-refractivity contribution in [1.29, 1.82) is 0 Å². The van der Waals surface area contributed by atoms with Crippen LogP contribution < -0.4 is 9.62 Å². The molecule has 0 unspecified atom stereocenters. The van der Waals surface area contributed by atoms with Crippen LogP contribution in [0.5, 0.6) is 0 Å². The SMILES string of the molecule is C=CCN1c2ccccc2C(c2ccccc2)=C(C(=O)NCCCCC)S1(=O)=O. The average molecular weight is 411 g/mol. The molecule has 3 rings (SSSR count). The van der Waals surface area contributed by atoms with Gasteiger partial charge in [-0.15, -0.1) is 6.58 Å². The van der Waals surface area contributed by atoms with Gasteiger partial charge in [0.05, 0.1) is 12.2 Å². The molecule has 0 radical (unpaired) electrons. The predicted octanol–water partition coefficient (Wildman–Crippen LogP) is 4.09. The van der Waals surface area contributed by atoms with E-state index in [4.69, 9.17) is 0 Å². The average Bonchev–Trinajstić information content (AvgIpc) is 2.73. The third-order valence-corrected chi connectivity index (χ3v) is 6.68. The van der Waals surface area contributed by atoms with E-state index in [2.05, 4.69) is 18.8 Å². The molecule has 0 atom stereocenters. The zero-order chi connectivity index (χ0) is 20.9. The number of hydrogen-bond donors (Lipinski definition) is 1. The number of nitrogens with zero attached hydrogens (tertiary/aromatic N) is 1. The topological polar surface area (TPSA) is 66.5 Å². The van der Waals surface area contributed by atoms with Crippen LogP contribution in [0.15, 0.2) is 72.2 Å². The number of benzene rings is 2. The van der Waals surface area contributed by atoms with Crippen molar-refractivity contribution in [2.45, 2.75) is 26.2 Å². The Kier molecular flexibility index (Phi) is 6.54. The smallest absolute Gasteiger partial charge is 0.270 e. The van der Waals surface area contributed by atoms with Gasteiger partial charge in [0.25, 0.3) is 15.9 Å². The van der Waals surface area contributed by atoms with Crippen molar-refractivity contribution < 1.29 is 13.2 Å². The molecule has 29 heavy (non-hydrogen) atoms. The molecule has 0 bridgehead atoms. The summed E-state index contributed by atoms with van der Waals surface area (Å²) < 4.78 is 28.3. The summed E-state index contributed by atoms with van der Waals surface area (Å²) in [6, 6.07) is 16.5. The number of amides is 1. The van der Waals surface area contributed by atoms with Gasteiger partial charge in [-0.25, -0.2) is 8.42 Å². The molecule has 1 aliphatic heterocycles. The molecule has 0 fully saturated rings. The quantitative estimate of drug-likeness (QED) is 0.527. The summed E-state index contributed by atoms with van der Waals surface area (Å²) >= 11 is 0. The van der Waals surface area contributed by atoms with E-state index in [0.717, 1.165) is 19.3 Å². The summed E-state index contributed by atoms with van der Waals surface area (Å²) in [5.41, 5.74) is 2.40. The van der Waals surface area contributed by atoms with Crippen molar-refractivity contribution in [3.63, 3.8) is 0 Å². The van der Waals surface area contributed by atoms with Crippen LogP contribution in [0, 0.1) is 0 Å². The van der Waals surface area contributed by atoms with Crippen LogP contribution in [-0.2, 0) is 14.8 Å². The molecule has 1 aliphatic rings. The minimum Gasteiger partial charge on any atom is -0.351 e. The summed E-state index contributed by atoms with van der Waals surface area (Å²) in [5, 5.41) is 2.81. The minimum absolute atomic E-state index is 0.0913. The van der Waals surface area contributed by atoms with E-state index in [9.17, 15) is 13.2 Å². The van der Waals surface area contributed by atoms with Crippen LogP contribution in [0.1, 0.15) is 37.3 Å². The van der Waals surface area contributed by atoms with Crippen LogP contribution in [0.3, 0.4) is 0 Å². The predicted molar refractivity (Wildman–Crippen MR) is 118 cm³/mol. The summed E-state index contributed by atoms with van der Waals surface area (Å²) in [4.78, 5) is 12.9. The van der Waals surface area contributed by atoms with Gasteiger partial charge in [0.15, 0.2) is 4.91 Å². The van der Waals surface area contributed by atoms with Gasteiger partial charge >= 0.3 is 0 Å². The number of nitrogens with one attached hydrogen (secondary N) is 1. The highest BCUT2D eigenvalue weighted by Gasteiger charge is 2.40. The lowest BCUT2D eigenvalue weighted by Crippen LogP contribution is -2.41. The maximum Gasteiger partial charge on any atom is 0.270 e. The molecule has 152 valence electrons. The van der Waals surface area contributed by atoms with E-state index in [0.29, 0.717) is 28.9 Å². The molecule has 0 aromatic heterocycles. The van der Waals surface area contributed by atoms with E-state index >= 15 is 0 Å². The summed E-state index contributed by atoms with van der Waals surface area (Å²) in [7, 11) is -4.05. The van der Waals surface area contributed by atoms with Gasteiger partial charge < -0.3 is 5.32 Å². The minimum atomic E-state index is -4.05. The first kappa shape index (κ1) is 20.9. The normalized spacial score (nSPS) is 15.0. The number of sulfonamides is 1. The molecule has 2 aromatic carbocycles. The van der Waals surface area contributed by atoms with Crippen molar-refractivity contribution in [3.8, 4) is 0 Å². The lowest BCUT2D eigenvalue weighted by Gasteiger charge is -2.32. The Bertz CT molecular complexity index is 1030. The Morgan fingerprint density at radius 2 is 1.76 bits per heavy atom. The molecule has 0 saturated carbocycles. The first-order valence-electron chi connectivity index (χ1n) is 9.83. The van der Waals surface area contributed by atoms with E-state index in [-0.39, 0.29) is 11.4 Å². The summed E-state index contributed by atoms with van der Waals surface area (Å²) in [6.07, 6.45) is 4.33. The van der Waals surface area contributed by atoms with Crippen molar-refractivity contribution >= 4 is 27.2 Å². The largest absolute Gasteiger partial charge is 0.351 e. The van der Waals surface area contributed by atoms with Crippen molar-refractivity contribution in [2.75, 3.05) is 17.4 Å². The number of hydrogen-bond acceptors (Lipinski definition) is 3. The fourth-order valence-corrected chi connectivity index (χ4v) is 5.22. The molecule has 2 aromatic rings. The zero-order valence-corrected chi connectivity index (χ0v) is 17.4. The number of rotatable bonds is 8. The maximum atomic E-state index is 13.5.